The fourth-order valence-corrected chi connectivity index (χ4v) is 3.84. The van der Waals surface area contributed by atoms with E-state index in [9.17, 15) is 9.59 Å². The summed E-state index contributed by atoms with van der Waals surface area (Å²) in [5.41, 5.74) is 1.51. The van der Waals surface area contributed by atoms with Crippen LogP contribution in [0.5, 0.6) is 5.75 Å². The summed E-state index contributed by atoms with van der Waals surface area (Å²) in [6.07, 6.45) is 0.664. The van der Waals surface area contributed by atoms with Crippen molar-refractivity contribution in [1.29, 1.82) is 0 Å². The van der Waals surface area contributed by atoms with E-state index in [1.54, 1.807) is 36.3 Å². The van der Waals surface area contributed by atoms with Crippen LogP contribution in [0.1, 0.15) is 41.1 Å². The summed E-state index contributed by atoms with van der Waals surface area (Å²) >= 11 is 0. The molecule has 0 fully saturated rings. The number of hydrogen-bond acceptors (Lipinski definition) is 5. The second kappa shape index (κ2) is 8.09. The molecule has 0 bridgehead atoms. The molecular formula is C23H23NO5. The van der Waals surface area contributed by atoms with Gasteiger partial charge in [0.25, 0.3) is 5.91 Å². The van der Waals surface area contributed by atoms with Gasteiger partial charge in [-0.25, -0.2) is 0 Å². The fraction of sp³-hybridized carbons (Fsp3) is 0.304. The largest absolute Gasteiger partial charge is 0.494 e. The smallest absolute Gasteiger partial charge is 0.290 e. The summed E-state index contributed by atoms with van der Waals surface area (Å²) in [5.74, 6) is 0.611. The predicted molar refractivity (Wildman–Crippen MR) is 109 cm³/mol. The number of fused-ring (bicyclic) bond motifs is 2. The number of ether oxygens (including phenoxy) is 2. The molecule has 2 heterocycles. The minimum Gasteiger partial charge on any atom is -0.494 e. The first-order chi connectivity index (χ1) is 14.2. The summed E-state index contributed by atoms with van der Waals surface area (Å²) in [4.78, 5) is 28.2. The SMILES string of the molecule is CCOc1ccc(C2c3c(oc4ccccc4c3=O)C(=O)N2CCCOC)cc1. The van der Waals surface area contributed by atoms with Crippen LogP contribution in [0.3, 0.4) is 0 Å². The van der Waals surface area contributed by atoms with E-state index in [4.69, 9.17) is 13.9 Å². The van der Waals surface area contributed by atoms with Crippen molar-refractivity contribution in [3.8, 4) is 5.75 Å². The zero-order chi connectivity index (χ0) is 20.4. The molecule has 0 radical (unpaired) electrons. The van der Waals surface area contributed by atoms with Gasteiger partial charge in [-0.3, -0.25) is 9.59 Å². The van der Waals surface area contributed by atoms with Crippen molar-refractivity contribution < 1.29 is 18.7 Å². The van der Waals surface area contributed by atoms with Crippen molar-refractivity contribution in [1.82, 2.24) is 4.90 Å². The Morgan fingerprint density at radius 2 is 1.83 bits per heavy atom. The van der Waals surface area contributed by atoms with E-state index in [1.165, 1.54) is 0 Å². The summed E-state index contributed by atoms with van der Waals surface area (Å²) in [5, 5.41) is 0.480. The number of methoxy groups -OCH3 is 1. The number of hydrogen-bond donors (Lipinski definition) is 0. The van der Waals surface area contributed by atoms with E-state index in [1.807, 2.05) is 31.2 Å². The van der Waals surface area contributed by atoms with Gasteiger partial charge in [0.15, 0.2) is 5.43 Å². The lowest BCUT2D eigenvalue weighted by Crippen LogP contribution is -2.31. The lowest BCUT2D eigenvalue weighted by Gasteiger charge is -2.25. The van der Waals surface area contributed by atoms with Crippen LogP contribution in [0.15, 0.2) is 57.7 Å². The van der Waals surface area contributed by atoms with E-state index < -0.39 is 6.04 Å². The Bertz CT molecular complexity index is 1090. The van der Waals surface area contributed by atoms with Gasteiger partial charge in [-0.05, 0) is 43.2 Å². The maximum absolute atomic E-state index is 13.3. The summed E-state index contributed by atoms with van der Waals surface area (Å²) in [7, 11) is 1.63. The van der Waals surface area contributed by atoms with Gasteiger partial charge in [0.2, 0.25) is 5.76 Å². The van der Waals surface area contributed by atoms with Crippen LogP contribution in [0.25, 0.3) is 11.0 Å². The molecule has 1 amide bonds. The fourth-order valence-electron chi connectivity index (χ4n) is 3.84. The molecule has 6 heteroatoms. The Balaban J connectivity index is 1.84. The molecule has 6 nitrogen and oxygen atoms in total. The van der Waals surface area contributed by atoms with Gasteiger partial charge >= 0.3 is 0 Å². The molecule has 1 aliphatic rings. The Kier molecular flexibility index (Phi) is 5.36. The number of para-hydroxylation sites is 1. The van der Waals surface area contributed by atoms with Crippen molar-refractivity contribution in [3.63, 3.8) is 0 Å². The van der Waals surface area contributed by atoms with Gasteiger partial charge in [-0.15, -0.1) is 0 Å². The number of amides is 1. The second-order valence-corrected chi connectivity index (χ2v) is 6.92. The zero-order valence-corrected chi connectivity index (χ0v) is 16.5. The third-order valence-electron chi connectivity index (χ3n) is 5.13. The molecule has 150 valence electrons. The minimum atomic E-state index is -0.495. The standard InChI is InChI=1S/C23H23NO5/c1-3-28-16-11-9-15(10-12-16)20-19-21(25)17-7-4-5-8-18(17)29-22(19)23(26)24(20)13-6-14-27-2/h4-5,7-12,20H,3,6,13-14H2,1-2H3. The predicted octanol–water partition coefficient (Wildman–Crippen LogP) is 3.77. The monoisotopic (exact) mass is 393 g/mol. The lowest BCUT2D eigenvalue weighted by atomic mass is 9.98. The molecule has 1 unspecified atom stereocenters. The molecule has 2 aromatic carbocycles. The van der Waals surface area contributed by atoms with Gasteiger partial charge in [-0.2, -0.15) is 0 Å². The van der Waals surface area contributed by atoms with Gasteiger partial charge in [0.05, 0.1) is 23.6 Å². The highest BCUT2D eigenvalue weighted by Gasteiger charge is 2.42. The molecule has 0 saturated carbocycles. The average Bonchev–Trinajstić information content (AvgIpc) is 3.02. The topological polar surface area (TPSA) is 69.0 Å². The molecule has 0 aliphatic carbocycles. The first-order valence-corrected chi connectivity index (χ1v) is 9.74. The molecule has 3 aromatic rings. The van der Waals surface area contributed by atoms with Crippen molar-refractivity contribution >= 4 is 16.9 Å². The highest BCUT2D eigenvalue weighted by molar-refractivity contribution is 5.99. The molecular weight excluding hydrogens is 370 g/mol. The quantitative estimate of drug-likeness (QED) is 0.572. The van der Waals surface area contributed by atoms with Crippen LogP contribution in [0.2, 0.25) is 0 Å². The number of carbonyl (C=O) groups excluding carboxylic acids is 1. The molecule has 0 spiro atoms. The first kappa shape index (κ1) is 19.2. The molecule has 0 N–H and O–H groups in total. The summed E-state index contributed by atoms with van der Waals surface area (Å²) < 4.78 is 16.6. The van der Waals surface area contributed by atoms with Crippen molar-refractivity contribution in [3.05, 3.63) is 75.6 Å². The number of benzene rings is 2. The molecule has 29 heavy (non-hydrogen) atoms. The molecule has 4 rings (SSSR count). The summed E-state index contributed by atoms with van der Waals surface area (Å²) in [6, 6.07) is 14.0. The van der Waals surface area contributed by atoms with E-state index in [0.29, 0.717) is 42.7 Å². The van der Waals surface area contributed by atoms with E-state index in [0.717, 1.165) is 11.3 Å². The molecule has 1 aliphatic heterocycles. The minimum absolute atomic E-state index is 0.130. The maximum atomic E-state index is 13.3. The van der Waals surface area contributed by atoms with Crippen molar-refractivity contribution in [2.45, 2.75) is 19.4 Å². The Labute approximate surface area is 168 Å². The van der Waals surface area contributed by atoms with Crippen LogP contribution >= 0.6 is 0 Å². The van der Waals surface area contributed by atoms with Crippen LogP contribution in [-0.4, -0.2) is 37.7 Å². The van der Waals surface area contributed by atoms with Crippen LogP contribution in [0, 0.1) is 0 Å². The van der Waals surface area contributed by atoms with Gasteiger partial charge in [0, 0.05) is 20.3 Å². The van der Waals surface area contributed by atoms with Gasteiger partial charge in [-0.1, -0.05) is 24.3 Å². The van der Waals surface area contributed by atoms with E-state index >= 15 is 0 Å². The third kappa shape index (κ3) is 3.40. The number of carbonyl (C=O) groups is 1. The summed E-state index contributed by atoms with van der Waals surface area (Å²) in [6.45, 7) is 3.49. The third-order valence-corrected chi connectivity index (χ3v) is 5.13. The number of nitrogens with zero attached hydrogens (tertiary/aromatic N) is 1. The molecule has 1 atom stereocenters. The molecule has 1 aromatic heterocycles. The Hall–Kier alpha value is -3.12. The Morgan fingerprint density at radius 1 is 1.07 bits per heavy atom. The van der Waals surface area contributed by atoms with Crippen LogP contribution in [-0.2, 0) is 4.74 Å². The van der Waals surface area contributed by atoms with E-state index in [2.05, 4.69) is 0 Å². The van der Waals surface area contributed by atoms with Crippen LogP contribution < -0.4 is 10.2 Å². The zero-order valence-electron chi connectivity index (χ0n) is 16.5. The van der Waals surface area contributed by atoms with Crippen molar-refractivity contribution in [2.24, 2.45) is 0 Å². The normalized spacial score (nSPS) is 15.7. The highest BCUT2D eigenvalue weighted by atomic mass is 16.5. The maximum Gasteiger partial charge on any atom is 0.290 e. The Morgan fingerprint density at radius 3 is 2.55 bits per heavy atom. The first-order valence-electron chi connectivity index (χ1n) is 9.74. The highest BCUT2D eigenvalue weighted by Crippen LogP contribution is 2.38. The second-order valence-electron chi connectivity index (χ2n) is 6.92. The lowest BCUT2D eigenvalue weighted by molar-refractivity contribution is 0.0708. The molecule has 0 saturated heterocycles. The van der Waals surface area contributed by atoms with Gasteiger partial charge < -0.3 is 18.8 Å². The van der Waals surface area contributed by atoms with Crippen molar-refractivity contribution in [2.75, 3.05) is 26.9 Å². The van der Waals surface area contributed by atoms with Gasteiger partial charge in [0.1, 0.15) is 11.3 Å². The average molecular weight is 393 g/mol. The van der Waals surface area contributed by atoms with E-state index in [-0.39, 0.29) is 17.1 Å². The number of rotatable bonds is 7. The van der Waals surface area contributed by atoms with Crippen LogP contribution in [0.4, 0.5) is 0 Å².